The summed E-state index contributed by atoms with van der Waals surface area (Å²) in [6.45, 7) is 2.67. The zero-order valence-electron chi connectivity index (χ0n) is 13.8. The van der Waals surface area contributed by atoms with E-state index in [1.165, 1.54) is 12.4 Å². The van der Waals surface area contributed by atoms with Crippen LogP contribution in [-0.4, -0.2) is 43.4 Å². The summed E-state index contributed by atoms with van der Waals surface area (Å²) in [4.78, 5) is 20.8. The molecular weight excluding hydrogens is 308 g/mol. The Morgan fingerprint density at radius 2 is 2.08 bits per heavy atom. The highest BCUT2D eigenvalue weighted by Gasteiger charge is 2.36. The van der Waals surface area contributed by atoms with Crippen LogP contribution in [0.5, 0.6) is 0 Å². The van der Waals surface area contributed by atoms with Crippen LogP contribution >= 0.6 is 0 Å². The summed E-state index contributed by atoms with van der Waals surface area (Å²) in [6, 6.07) is -0.178. The first kappa shape index (κ1) is 16.4. The smallest absolute Gasteiger partial charge is 0.254 e. The van der Waals surface area contributed by atoms with Crippen LogP contribution in [0.15, 0.2) is 24.8 Å². The molecule has 1 saturated carbocycles. The van der Waals surface area contributed by atoms with Gasteiger partial charge in [-0.05, 0) is 25.7 Å². The highest BCUT2D eigenvalue weighted by Crippen LogP contribution is 2.38. The highest BCUT2D eigenvalue weighted by molar-refractivity contribution is 5.94. The van der Waals surface area contributed by atoms with Crippen LogP contribution < -0.4 is 10.6 Å². The average Bonchev–Trinajstić information content (AvgIpc) is 2.97. The van der Waals surface area contributed by atoms with Crippen molar-refractivity contribution in [2.24, 2.45) is 13.0 Å². The predicted octanol–water partition coefficient (Wildman–Crippen LogP) is 0.884. The topological polar surface area (TPSA) is 105 Å². The molecule has 1 amide bonds. The van der Waals surface area contributed by atoms with Gasteiger partial charge in [0.15, 0.2) is 0 Å². The number of carbonyl (C=O) groups is 1. The number of anilines is 1. The van der Waals surface area contributed by atoms with Crippen LogP contribution in [0.25, 0.3) is 0 Å². The number of aliphatic hydroxyl groups is 1. The lowest BCUT2D eigenvalue weighted by Gasteiger charge is -2.37. The van der Waals surface area contributed by atoms with Gasteiger partial charge in [0.05, 0.1) is 23.9 Å². The summed E-state index contributed by atoms with van der Waals surface area (Å²) in [5.41, 5.74) is 1.35. The highest BCUT2D eigenvalue weighted by atomic mass is 16.3. The van der Waals surface area contributed by atoms with Crippen LogP contribution in [0.3, 0.4) is 0 Å². The second-order valence-electron chi connectivity index (χ2n) is 6.11. The Labute approximate surface area is 140 Å². The van der Waals surface area contributed by atoms with Gasteiger partial charge in [0.1, 0.15) is 0 Å². The van der Waals surface area contributed by atoms with E-state index in [0.717, 1.165) is 12.1 Å². The van der Waals surface area contributed by atoms with Crippen LogP contribution in [0, 0.1) is 5.92 Å². The molecule has 3 rings (SSSR count). The zero-order chi connectivity index (χ0) is 17.1. The summed E-state index contributed by atoms with van der Waals surface area (Å²) >= 11 is 0. The first-order valence-electron chi connectivity index (χ1n) is 8.10. The van der Waals surface area contributed by atoms with Gasteiger partial charge in [0.2, 0.25) is 5.95 Å². The molecule has 2 heterocycles. The van der Waals surface area contributed by atoms with E-state index in [4.69, 9.17) is 0 Å². The van der Waals surface area contributed by atoms with Crippen molar-refractivity contribution < 1.29 is 9.90 Å². The standard InChI is InChI=1S/C16H22N6O2/c1-3-17-16-18-6-11(7-19-16)15(24)21-14(10-4-13(23)5-10)12-8-20-22(2)9-12/h6-10,13-14,23H,3-5H2,1-2H3,(H,21,24)(H,17,18,19). The molecule has 0 saturated heterocycles. The number of carbonyl (C=O) groups excluding carboxylic acids is 1. The Balaban J connectivity index is 1.73. The summed E-state index contributed by atoms with van der Waals surface area (Å²) in [6.07, 6.45) is 7.73. The maximum Gasteiger partial charge on any atom is 0.254 e. The molecule has 2 aromatic rings. The monoisotopic (exact) mass is 330 g/mol. The lowest BCUT2D eigenvalue weighted by molar-refractivity contribution is 0.0235. The number of hydrogen-bond acceptors (Lipinski definition) is 6. The van der Waals surface area contributed by atoms with Crippen LogP contribution in [0.2, 0.25) is 0 Å². The molecule has 8 heteroatoms. The number of rotatable bonds is 6. The molecular formula is C16H22N6O2. The lowest BCUT2D eigenvalue weighted by atomic mass is 9.75. The third kappa shape index (κ3) is 3.53. The van der Waals surface area contributed by atoms with Gasteiger partial charge in [0.25, 0.3) is 5.91 Å². The fourth-order valence-electron chi connectivity index (χ4n) is 2.90. The molecule has 1 aliphatic rings. The van der Waals surface area contributed by atoms with Gasteiger partial charge in [-0.1, -0.05) is 0 Å². The van der Waals surface area contributed by atoms with E-state index in [1.54, 1.807) is 10.9 Å². The van der Waals surface area contributed by atoms with Crippen molar-refractivity contribution in [3.63, 3.8) is 0 Å². The summed E-state index contributed by atoms with van der Waals surface area (Å²) in [5.74, 6) is 0.475. The minimum atomic E-state index is -0.284. The van der Waals surface area contributed by atoms with Crippen molar-refractivity contribution >= 4 is 11.9 Å². The fraction of sp³-hybridized carbons (Fsp3) is 0.500. The Bertz CT molecular complexity index is 693. The second-order valence-corrected chi connectivity index (χ2v) is 6.11. The van der Waals surface area contributed by atoms with Crippen LogP contribution in [0.1, 0.15) is 41.7 Å². The molecule has 1 atom stereocenters. The van der Waals surface area contributed by atoms with Gasteiger partial charge in [0, 0.05) is 37.7 Å². The van der Waals surface area contributed by atoms with E-state index < -0.39 is 0 Å². The van der Waals surface area contributed by atoms with Gasteiger partial charge in [-0.25, -0.2) is 9.97 Å². The minimum Gasteiger partial charge on any atom is -0.393 e. The first-order valence-corrected chi connectivity index (χ1v) is 8.10. The van der Waals surface area contributed by atoms with Crippen molar-refractivity contribution in [2.75, 3.05) is 11.9 Å². The van der Waals surface area contributed by atoms with Gasteiger partial charge in [-0.3, -0.25) is 9.48 Å². The molecule has 2 aromatic heterocycles. The van der Waals surface area contributed by atoms with Gasteiger partial charge in [-0.15, -0.1) is 0 Å². The molecule has 8 nitrogen and oxygen atoms in total. The number of aromatic nitrogens is 4. The molecule has 1 unspecified atom stereocenters. The third-order valence-electron chi connectivity index (χ3n) is 4.24. The third-order valence-corrected chi connectivity index (χ3v) is 4.24. The number of aryl methyl sites for hydroxylation is 1. The molecule has 0 radical (unpaired) electrons. The van der Waals surface area contributed by atoms with E-state index in [-0.39, 0.29) is 24.0 Å². The van der Waals surface area contributed by atoms with Crippen molar-refractivity contribution in [2.45, 2.75) is 31.9 Å². The van der Waals surface area contributed by atoms with Crippen LogP contribution in [-0.2, 0) is 7.05 Å². The van der Waals surface area contributed by atoms with Crippen molar-refractivity contribution in [3.05, 3.63) is 35.9 Å². The van der Waals surface area contributed by atoms with E-state index in [9.17, 15) is 9.90 Å². The molecule has 0 aliphatic heterocycles. The van der Waals surface area contributed by atoms with Gasteiger partial charge >= 0.3 is 0 Å². The van der Waals surface area contributed by atoms with E-state index in [2.05, 4.69) is 25.7 Å². The van der Waals surface area contributed by atoms with Crippen molar-refractivity contribution in [1.29, 1.82) is 0 Å². The predicted molar refractivity (Wildman–Crippen MR) is 88.3 cm³/mol. The summed E-state index contributed by atoms with van der Waals surface area (Å²) in [5, 5.41) is 19.8. The lowest BCUT2D eigenvalue weighted by Crippen LogP contribution is -2.41. The molecule has 1 fully saturated rings. The SMILES string of the molecule is CCNc1ncc(C(=O)NC(c2cnn(C)c2)C2CC(O)C2)cn1. The average molecular weight is 330 g/mol. The maximum atomic E-state index is 12.5. The number of hydrogen-bond donors (Lipinski definition) is 3. The Hall–Kier alpha value is -2.48. The normalized spacial score (nSPS) is 21.0. The maximum absolute atomic E-state index is 12.5. The molecule has 128 valence electrons. The Morgan fingerprint density at radius 1 is 1.38 bits per heavy atom. The number of amides is 1. The Kier molecular flexibility index (Phi) is 4.75. The molecule has 0 aromatic carbocycles. The van der Waals surface area contributed by atoms with Crippen LogP contribution in [0.4, 0.5) is 5.95 Å². The number of nitrogens with one attached hydrogen (secondary N) is 2. The molecule has 0 bridgehead atoms. The quantitative estimate of drug-likeness (QED) is 0.726. The molecule has 0 spiro atoms. The fourth-order valence-corrected chi connectivity index (χ4v) is 2.90. The largest absolute Gasteiger partial charge is 0.393 e. The summed E-state index contributed by atoms with van der Waals surface area (Å²) < 4.78 is 1.71. The molecule has 1 aliphatic carbocycles. The Morgan fingerprint density at radius 3 is 2.62 bits per heavy atom. The second kappa shape index (κ2) is 6.96. The van der Waals surface area contributed by atoms with Gasteiger partial charge < -0.3 is 15.7 Å². The molecule has 24 heavy (non-hydrogen) atoms. The van der Waals surface area contributed by atoms with E-state index in [0.29, 0.717) is 24.4 Å². The van der Waals surface area contributed by atoms with Gasteiger partial charge in [-0.2, -0.15) is 5.10 Å². The van der Waals surface area contributed by atoms with E-state index >= 15 is 0 Å². The number of nitrogens with zero attached hydrogens (tertiary/aromatic N) is 4. The summed E-state index contributed by atoms with van der Waals surface area (Å²) in [7, 11) is 1.84. The zero-order valence-corrected chi connectivity index (χ0v) is 13.8. The molecule has 3 N–H and O–H groups in total. The van der Waals surface area contributed by atoms with Crippen molar-refractivity contribution in [3.8, 4) is 0 Å². The number of aliphatic hydroxyl groups excluding tert-OH is 1. The van der Waals surface area contributed by atoms with E-state index in [1.807, 2.05) is 20.2 Å². The first-order chi connectivity index (χ1) is 11.6. The van der Waals surface area contributed by atoms with Crippen molar-refractivity contribution in [1.82, 2.24) is 25.1 Å². The minimum absolute atomic E-state index is 0.178.